The molecule has 0 atom stereocenters. The first-order valence-corrected chi connectivity index (χ1v) is 8.69. The van der Waals surface area contributed by atoms with Crippen molar-refractivity contribution < 1.29 is 13.2 Å². The topological polar surface area (TPSA) is 82.4 Å². The van der Waals surface area contributed by atoms with Crippen LogP contribution in [0.15, 0.2) is 23.1 Å². The summed E-state index contributed by atoms with van der Waals surface area (Å²) in [6, 6.07) is 6.40. The van der Waals surface area contributed by atoms with Gasteiger partial charge in [0.05, 0.1) is 18.7 Å². The fraction of sp³-hybridized carbons (Fsp3) is 0.533. The predicted octanol–water partition coefficient (Wildman–Crippen LogP) is 1.19. The highest BCUT2D eigenvalue weighted by Gasteiger charge is 2.31. The molecule has 1 heterocycles. The van der Waals surface area contributed by atoms with Crippen molar-refractivity contribution in [3.63, 3.8) is 0 Å². The van der Waals surface area contributed by atoms with Crippen molar-refractivity contribution in [2.45, 2.75) is 17.7 Å². The Morgan fingerprint density at radius 3 is 2.64 bits per heavy atom. The molecule has 7 heteroatoms. The van der Waals surface area contributed by atoms with E-state index in [1.807, 2.05) is 13.1 Å². The maximum Gasteiger partial charge on any atom is 0.246 e. The van der Waals surface area contributed by atoms with E-state index in [9.17, 15) is 8.42 Å². The van der Waals surface area contributed by atoms with Gasteiger partial charge in [-0.05, 0) is 50.6 Å². The van der Waals surface area contributed by atoms with Crippen LogP contribution >= 0.6 is 0 Å². The van der Waals surface area contributed by atoms with Gasteiger partial charge >= 0.3 is 0 Å². The summed E-state index contributed by atoms with van der Waals surface area (Å²) < 4.78 is 32.2. The smallest absolute Gasteiger partial charge is 0.246 e. The number of nitrogens with one attached hydrogen (secondary N) is 1. The molecule has 120 valence electrons. The lowest BCUT2D eigenvalue weighted by atomic mass is 9.98. The fourth-order valence-corrected chi connectivity index (χ4v) is 4.34. The van der Waals surface area contributed by atoms with E-state index in [1.165, 1.54) is 29.6 Å². The normalized spacial score (nSPS) is 17.1. The molecule has 1 aliphatic heterocycles. The van der Waals surface area contributed by atoms with Gasteiger partial charge in [0.15, 0.2) is 0 Å². The van der Waals surface area contributed by atoms with Gasteiger partial charge in [0.2, 0.25) is 10.0 Å². The zero-order valence-electron chi connectivity index (χ0n) is 12.9. The van der Waals surface area contributed by atoms with Crippen molar-refractivity contribution >= 4 is 10.0 Å². The first-order chi connectivity index (χ1) is 10.5. The molecule has 0 bridgehead atoms. The quantitative estimate of drug-likeness (QED) is 0.880. The van der Waals surface area contributed by atoms with Crippen LogP contribution in [0.4, 0.5) is 0 Å². The van der Waals surface area contributed by atoms with E-state index in [2.05, 4.69) is 5.32 Å². The van der Waals surface area contributed by atoms with Gasteiger partial charge in [0.25, 0.3) is 0 Å². The molecule has 1 aromatic carbocycles. The lowest BCUT2D eigenvalue weighted by molar-refractivity contribution is 0.270. The molecule has 0 amide bonds. The summed E-state index contributed by atoms with van der Waals surface area (Å²) in [6.45, 7) is 1.93. The number of rotatable bonds is 5. The van der Waals surface area contributed by atoms with Crippen LogP contribution in [0.1, 0.15) is 18.4 Å². The van der Waals surface area contributed by atoms with Gasteiger partial charge < -0.3 is 10.1 Å². The van der Waals surface area contributed by atoms with Gasteiger partial charge in [-0.1, -0.05) is 0 Å². The largest absolute Gasteiger partial charge is 0.495 e. The van der Waals surface area contributed by atoms with E-state index in [0.29, 0.717) is 24.6 Å². The van der Waals surface area contributed by atoms with Crippen molar-refractivity contribution in [1.82, 2.24) is 9.62 Å². The van der Waals surface area contributed by atoms with Crippen molar-refractivity contribution in [2.75, 3.05) is 33.8 Å². The molecule has 1 saturated heterocycles. The molecule has 0 saturated carbocycles. The van der Waals surface area contributed by atoms with Crippen LogP contribution in [0.5, 0.6) is 5.75 Å². The number of sulfonamides is 1. The first-order valence-electron chi connectivity index (χ1n) is 7.25. The van der Waals surface area contributed by atoms with Crippen molar-refractivity contribution in [3.8, 4) is 11.8 Å². The Kier molecular flexibility index (Phi) is 5.40. The lowest BCUT2D eigenvalue weighted by Crippen LogP contribution is -2.40. The molecule has 0 spiro atoms. The van der Waals surface area contributed by atoms with Crippen LogP contribution in [-0.4, -0.2) is 46.5 Å². The Morgan fingerprint density at radius 1 is 1.41 bits per heavy atom. The molecule has 2 rings (SSSR count). The number of nitriles is 1. The minimum atomic E-state index is -3.59. The van der Waals surface area contributed by atoms with E-state index in [0.717, 1.165) is 19.4 Å². The van der Waals surface area contributed by atoms with E-state index < -0.39 is 10.0 Å². The molecular weight excluding hydrogens is 302 g/mol. The van der Waals surface area contributed by atoms with Crippen LogP contribution in [0, 0.1) is 17.2 Å². The second-order valence-electron chi connectivity index (χ2n) is 5.38. The fourth-order valence-electron chi connectivity index (χ4n) is 2.73. The van der Waals surface area contributed by atoms with E-state index in [4.69, 9.17) is 10.00 Å². The Bertz CT molecular complexity index is 659. The Labute approximate surface area is 131 Å². The van der Waals surface area contributed by atoms with Crippen LogP contribution in [-0.2, 0) is 10.0 Å². The lowest BCUT2D eigenvalue weighted by Gasteiger charge is -2.31. The highest BCUT2D eigenvalue weighted by atomic mass is 32.2. The number of methoxy groups -OCH3 is 1. The number of ether oxygens (including phenoxy) is 1. The first kappa shape index (κ1) is 16.7. The van der Waals surface area contributed by atoms with Crippen LogP contribution < -0.4 is 10.1 Å². The van der Waals surface area contributed by atoms with Crippen molar-refractivity contribution in [1.29, 1.82) is 5.26 Å². The molecule has 1 aliphatic rings. The molecule has 0 radical (unpaired) electrons. The average molecular weight is 323 g/mol. The molecule has 1 fully saturated rings. The van der Waals surface area contributed by atoms with E-state index in [1.54, 1.807) is 0 Å². The monoisotopic (exact) mass is 323 g/mol. The summed E-state index contributed by atoms with van der Waals surface area (Å²) in [6.07, 6.45) is 1.69. The number of hydrogen-bond acceptors (Lipinski definition) is 5. The zero-order chi connectivity index (χ0) is 16.2. The number of hydrogen-bond donors (Lipinski definition) is 1. The standard InChI is InChI=1S/C15H21N3O3S/c1-17-11-12-5-7-18(8-6-12)22(19,20)15-4-3-13(10-16)9-14(15)21-2/h3-4,9,12,17H,5-8,11H2,1-2H3. The van der Waals surface area contributed by atoms with Gasteiger partial charge in [-0.15, -0.1) is 0 Å². The second kappa shape index (κ2) is 7.09. The summed E-state index contributed by atoms with van der Waals surface area (Å²) in [5.41, 5.74) is 0.378. The SMILES string of the molecule is CNCC1CCN(S(=O)(=O)c2ccc(C#N)cc2OC)CC1. The van der Waals surface area contributed by atoms with Crippen molar-refractivity contribution in [2.24, 2.45) is 5.92 Å². The third-order valence-corrected chi connectivity index (χ3v) is 5.91. The van der Waals surface area contributed by atoms with Gasteiger partial charge in [-0.25, -0.2) is 8.42 Å². The van der Waals surface area contributed by atoms with Gasteiger partial charge in [0.1, 0.15) is 10.6 Å². The summed E-state index contributed by atoms with van der Waals surface area (Å²) in [5.74, 6) is 0.732. The highest BCUT2D eigenvalue weighted by molar-refractivity contribution is 7.89. The predicted molar refractivity (Wildman–Crippen MR) is 83.1 cm³/mol. The maximum atomic E-state index is 12.8. The van der Waals surface area contributed by atoms with E-state index in [-0.39, 0.29) is 10.6 Å². The van der Waals surface area contributed by atoms with Crippen molar-refractivity contribution in [3.05, 3.63) is 23.8 Å². The van der Waals surface area contributed by atoms with Crippen LogP contribution in [0.3, 0.4) is 0 Å². The highest BCUT2D eigenvalue weighted by Crippen LogP contribution is 2.30. The summed E-state index contributed by atoms with van der Waals surface area (Å²) in [7, 11) is -0.271. The third kappa shape index (κ3) is 3.40. The molecule has 0 unspecified atom stereocenters. The van der Waals surface area contributed by atoms with Gasteiger partial charge in [-0.3, -0.25) is 0 Å². The summed E-state index contributed by atoms with van der Waals surface area (Å²) in [5, 5.41) is 12.0. The number of benzene rings is 1. The molecular formula is C15H21N3O3S. The molecule has 22 heavy (non-hydrogen) atoms. The van der Waals surface area contributed by atoms with E-state index >= 15 is 0 Å². The zero-order valence-corrected chi connectivity index (χ0v) is 13.7. The maximum absolute atomic E-state index is 12.8. The summed E-state index contributed by atoms with van der Waals surface area (Å²) >= 11 is 0. The Hall–Kier alpha value is -1.62. The van der Waals surface area contributed by atoms with Crippen LogP contribution in [0.25, 0.3) is 0 Å². The molecule has 6 nitrogen and oxygen atoms in total. The Balaban J connectivity index is 2.23. The van der Waals surface area contributed by atoms with Gasteiger partial charge in [0, 0.05) is 13.1 Å². The van der Waals surface area contributed by atoms with Gasteiger partial charge in [-0.2, -0.15) is 9.57 Å². The molecule has 1 N–H and O–H groups in total. The molecule has 0 aromatic heterocycles. The van der Waals surface area contributed by atoms with Crippen LogP contribution in [0.2, 0.25) is 0 Å². The third-order valence-electron chi connectivity index (χ3n) is 3.98. The summed E-state index contributed by atoms with van der Waals surface area (Å²) in [4.78, 5) is 0.126. The molecule has 1 aromatic rings. The minimum absolute atomic E-state index is 0.126. The second-order valence-corrected chi connectivity index (χ2v) is 7.29. The minimum Gasteiger partial charge on any atom is -0.495 e. The number of nitrogens with zero attached hydrogens (tertiary/aromatic N) is 2. The molecule has 0 aliphatic carbocycles. The average Bonchev–Trinajstić information content (AvgIpc) is 2.55. The number of piperidine rings is 1. The Morgan fingerprint density at radius 2 is 2.09 bits per heavy atom.